The Morgan fingerprint density at radius 2 is 1.77 bits per heavy atom. The normalized spacial score (nSPS) is 37.4. The summed E-state index contributed by atoms with van der Waals surface area (Å²) in [5.74, 6) is 1.64. The Hall–Kier alpha value is -0.0800. The van der Waals surface area contributed by atoms with Gasteiger partial charge in [-0.1, -0.05) is 13.8 Å². The highest BCUT2D eigenvalue weighted by Crippen LogP contribution is 2.30. The molecule has 0 aliphatic heterocycles. The van der Waals surface area contributed by atoms with Crippen LogP contribution in [0.4, 0.5) is 0 Å². The Morgan fingerprint density at radius 1 is 1.23 bits per heavy atom. The van der Waals surface area contributed by atoms with Crippen LogP contribution in [-0.4, -0.2) is 18.8 Å². The van der Waals surface area contributed by atoms with Gasteiger partial charge in [0.05, 0.1) is 12.7 Å². The molecule has 13 heavy (non-hydrogen) atoms. The van der Waals surface area contributed by atoms with E-state index in [1.165, 1.54) is 19.3 Å². The summed E-state index contributed by atoms with van der Waals surface area (Å²) in [5, 5.41) is 0. The second-order valence-corrected chi connectivity index (χ2v) is 4.85. The van der Waals surface area contributed by atoms with Crippen molar-refractivity contribution >= 4 is 0 Å². The molecule has 2 heteroatoms. The number of rotatable bonds is 3. The molecule has 0 aromatic carbocycles. The predicted octanol–water partition coefficient (Wildman–Crippen LogP) is 2.17. The summed E-state index contributed by atoms with van der Waals surface area (Å²) in [6.07, 6.45) is 4.26. The Balaban J connectivity index is 2.25. The molecule has 0 bridgehead atoms. The third-order valence-corrected chi connectivity index (χ3v) is 2.73. The fraction of sp³-hybridized carbons (Fsp3) is 1.00. The van der Waals surface area contributed by atoms with Gasteiger partial charge in [-0.15, -0.1) is 0 Å². The Bertz CT molecular complexity index is 137. The topological polar surface area (TPSA) is 35.2 Å². The van der Waals surface area contributed by atoms with E-state index in [1.807, 2.05) is 6.92 Å². The van der Waals surface area contributed by atoms with E-state index in [1.54, 1.807) is 0 Å². The van der Waals surface area contributed by atoms with Gasteiger partial charge in [-0.25, -0.2) is 0 Å². The lowest BCUT2D eigenvalue weighted by atomic mass is 9.82. The van der Waals surface area contributed by atoms with Crippen molar-refractivity contribution in [2.45, 2.75) is 52.2 Å². The van der Waals surface area contributed by atoms with Crippen molar-refractivity contribution in [3.63, 3.8) is 0 Å². The third kappa shape index (κ3) is 4.10. The molecule has 0 aromatic rings. The van der Waals surface area contributed by atoms with Crippen molar-refractivity contribution in [2.24, 2.45) is 17.6 Å². The van der Waals surface area contributed by atoms with Crippen LogP contribution >= 0.6 is 0 Å². The highest BCUT2D eigenvalue weighted by molar-refractivity contribution is 4.75. The van der Waals surface area contributed by atoms with Crippen LogP contribution in [0.15, 0.2) is 0 Å². The van der Waals surface area contributed by atoms with Gasteiger partial charge in [0.2, 0.25) is 0 Å². The molecule has 1 fully saturated rings. The molecule has 1 aliphatic carbocycles. The van der Waals surface area contributed by atoms with Gasteiger partial charge in [0.1, 0.15) is 0 Å². The molecule has 0 radical (unpaired) electrons. The van der Waals surface area contributed by atoms with Gasteiger partial charge < -0.3 is 10.5 Å². The minimum atomic E-state index is 0.174. The largest absolute Gasteiger partial charge is 0.377 e. The van der Waals surface area contributed by atoms with E-state index in [2.05, 4.69) is 13.8 Å². The standard InChI is InChI=1S/C11H23NO/c1-8-4-9(2)6-11(5-8)13-7-10(3)12/h8-11H,4-7,12H2,1-3H3. The van der Waals surface area contributed by atoms with Gasteiger partial charge in [-0.2, -0.15) is 0 Å². The van der Waals surface area contributed by atoms with E-state index in [4.69, 9.17) is 10.5 Å². The zero-order valence-electron chi connectivity index (χ0n) is 9.12. The molecule has 0 aromatic heterocycles. The highest BCUT2D eigenvalue weighted by Gasteiger charge is 2.24. The van der Waals surface area contributed by atoms with Crippen LogP contribution < -0.4 is 5.73 Å². The maximum absolute atomic E-state index is 5.76. The zero-order chi connectivity index (χ0) is 9.84. The summed E-state index contributed by atoms with van der Waals surface area (Å²) in [7, 11) is 0. The molecule has 0 saturated heterocycles. The molecular formula is C11H23NO. The van der Waals surface area contributed by atoms with Crippen LogP contribution in [0.2, 0.25) is 0 Å². The van der Waals surface area contributed by atoms with Crippen LogP contribution in [0, 0.1) is 11.8 Å². The minimum Gasteiger partial charge on any atom is -0.377 e. The summed E-state index contributed by atoms with van der Waals surface area (Å²) in [5.41, 5.74) is 5.65. The Labute approximate surface area is 81.8 Å². The second-order valence-electron chi connectivity index (χ2n) is 4.85. The summed E-state index contributed by atoms with van der Waals surface area (Å²) >= 11 is 0. The van der Waals surface area contributed by atoms with Crippen molar-refractivity contribution in [1.82, 2.24) is 0 Å². The fourth-order valence-electron chi connectivity index (χ4n) is 2.30. The lowest BCUT2D eigenvalue weighted by Crippen LogP contribution is -2.31. The molecule has 1 saturated carbocycles. The van der Waals surface area contributed by atoms with Gasteiger partial charge in [0, 0.05) is 6.04 Å². The van der Waals surface area contributed by atoms with Crippen LogP contribution in [0.3, 0.4) is 0 Å². The molecule has 3 unspecified atom stereocenters. The van der Waals surface area contributed by atoms with Crippen LogP contribution in [0.25, 0.3) is 0 Å². The van der Waals surface area contributed by atoms with E-state index < -0.39 is 0 Å². The Kier molecular flexibility index (Phi) is 4.20. The molecular weight excluding hydrogens is 162 g/mol. The van der Waals surface area contributed by atoms with Gasteiger partial charge in [0.25, 0.3) is 0 Å². The van der Waals surface area contributed by atoms with Gasteiger partial charge in [-0.05, 0) is 38.0 Å². The van der Waals surface area contributed by atoms with E-state index in [0.29, 0.717) is 12.7 Å². The van der Waals surface area contributed by atoms with E-state index in [0.717, 1.165) is 11.8 Å². The highest BCUT2D eigenvalue weighted by atomic mass is 16.5. The summed E-state index contributed by atoms with van der Waals surface area (Å²) in [6.45, 7) is 7.34. The minimum absolute atomic E-state index is 0.174. The van der Waals surface area contributed by atoms with E-state index in [-0.39, 0.29) is 6.04 Å². The predicted molar refractivity (Wildman–Crippen MR) is 55.6 cm³/mol. The molecule has 0 spiro atoms. The second kappa shape index (κ2) is 4.97. The molecule has 1 rings (SSSR count). The fourth-order valence-corrected chi connectivity index (χ4v) is 2.30. The van der Waals surface area contributed by atoms with Crippen LogP contribution in [-0.2, 0) is 4.74 Å². The molecule has 0 heterocycles. The average Bonchev–Trinajstić information content (AvgIpc) is 1.99. The summed E-state index contributed by atoms with van der Waals surface area (Å²) in [4.78, 5) is 0. The van der Waals surface area contributed by atoms with Crippen molar-refractivity contribution in [3.05, 3.63) is 0 Å². The van der Waals surface area contributed by atoms with Crippen molar-refractivity contribution in [1.29, 1.82) is 0 Å². The maximum atomic E-state index is 5.76. The van der Waals surface area contributed by atoms with Crippen LogP contribution in [0.1, 0.15) is 40.0 Å². The smallest absolute Gasteiger partial charge is 0.0618 e. The molecule has 3 atom stereocenters. The Morgan fingerprint density at radius 3 is 2.23 bits per heavy atom. The number of nitrogens with two attached hydrogens (primary N) is 1. The van der Waals surface area contributed by atoms with Crippen molar-refractivity contribution < 1.29 is 4.74 Å². The number of hydrogen-bond donors (Lipinski definition) is 1. The monoisotopic (exact) mass is 185 g/mol. The molecule has 0 amide bonds. The first-order valence-corrected chi connectivity index (χ1v) is 5.45. The summed E-state index contributed by atoms with van der Waals surface area (Å²) < 4.78 is 5.76. The molecule has 78 valence electrons. The molecule has 2 nitrogen and oxygen atoms in total. The van der Waals surface area contributed by atoms with E-state index in [9.17, 15) is 0 Å². The van der Waals surface area contributed by atoms with Crippen molar-refractivity contribution in [3.8, 4) is 0 Å². The lowest BCUT2D eigenvalue weighted by molar-refractivity contribution is -0.00336. The first-order valence-electron chi connectivity index (χ1n) is 5.45. The maximum Gasteiger partial charge on any atom is 0.0618 e. The van der Waals surface area contributed by atoms with Crippen molar-refractivity contribution in [2.75, 3.05) is 6.61 Å². The quantitative estimate of drug-likeness (QED) is 0.731. The average molecular weight is 185 g/mol. The van der Waals surface area contributed by atoms with Gasteiger partial charge >= 0.3 is 0 Å². The van der Waals surface area contributed by atoms with Gasteiger partial charge in [-0.3, -0.25) is 0 Å². The third-order valence-electron chi connectivity index (χ3n) is 2.73. The molecule has 1 aliphatic rings. The number of hydrogen-bond acceptors (Lipinski definition) is 2. The first kappa shape index (κ1) is 11.0. The number of ether oxygens (including phenoxy) is 1. The molecule has 2 N–H and O–H groups in total. The SMILES string of the molecule is CC(N)COC1CC(C)CC(C)C1. The zero-order valence-corrected chi connectivity index (χ0v) is 9.12. The lowest BCUT2D eigenvalue weighted by Gasteiger charge is -2.31. The van der Waals surface area contributed by atoms with Crippen LogP contribution in [0.5, 0.6) is 0 Å². The first-order chi connectivity index (χ1) is 6.08. The summed E-state index contributed by atoms with van der Waals surface area (Å²) in [6, 6.07) is 0.174. The van der Waals surface area contributed by atoms with Gasteiger partial charge in [0.15, 0.2) is 0 Å². The van der Waals surface area contributed by atoms with E-state index >= 15 is 0 Å².